The van der Waals surface area contributed by atoms with E-state index in [1.165, 1.54) is 29.2 Å². The van der Waals surface area contributed by atoms with Crippen molar-refractivity contribution in [2.45, 2.75) is 12.7 Å². The summed E-state index contributed by atoms with van der Waals surface area (Å²) >= 11 is 0. The van der Waals surface area contributed by atoms with E-state index in [0.717, 1.165) is 0 Å². The molecule has 11 heteroatoms. The molecule has 3 rings (SSSR count). The van der Waals surface area contributed by atoms with Gasteiger partial charge in [0.25, 0.3) is 0 Å². The van der Waals surface area contributed by atoms with Gasteiger partial charge in [-0.3, -0.25) is 9.89 Å². The van der Waals surface area contributed by atoms with Crippen LogP contribution in [0.3, 0.4) is 0 Å². The van der Waals surface area contributed by atoms with Crippen LogP contribution in [0.2, 0.25) is 0 Å². The van der Waals surface area contributed by atoms with E-state index in [4.69, 9.17) is 0 Å². The van der Waals surface area contributed by atoms with Crippen molar-refractivity contribution in [2.24, 2.45) is 5.18 Å². The second kappa shape index (κ2) is 5.76. The highest BCUT2D eigenvalue weighted by Gasteiger charge is 2.38. The highest BCUT2D eigenvalue weighted by molar-refractivity contribution is 5.96. The van der Waals surface area contributed by atoms with Gasteiger partial charge in [-0.25, -0.2) is 4.52 Å². The molecule has 0 radical (unpaired) electrons. The highest BCUT2D eigenvalue weighted by Crippen LogP contribution is 2.30. The second-order valence-electron chi connectivity index (χ2n) is 4.83. The number of H-pyrrole nitrogens is 1. The van der Waals surface area contributed by atoms with Gasteiger partial charge in [-0.15, -0.1) is 0 Å². The largest absolute Gasteiger partial charge is 0.471 e. The minimum Gasteiger partial charge on any atom is -0.317 e. The Labute approximate surface area is 131 Å². The monoisotopic (exact) mass is 338 g/mol. The lowest BCUT2D eigenvalue weighted by Gasteiger charge is -2.06. The number of carbonyl (C=O) groups excluding carboxylic acids is 1. The summed E-state index contributed by atoms with van der Waals surface area (Å²) < 4.78 is 38.4. The summed E-state index contributed by atoms with van der Waals surface area (Å²) in [7, 11) is 0. The van der Waals surface area contributed by atoms with Crippen molar-refractivity contribution in [1.29, 1.82) is 0 Å². The van der Waals surface area contributed by atoms with Crippen LogP contribution in [0.1, 0.15) is 5.56 Å². The number of nitrogens with one attached hydrogen (secondary N) is 2. The number of fused-ring (bicyclic) bond motifs is 1. The van der Waals surface area contributed by atoms with Gasteiger partial charge in [-0.1, -0.05) is 5.18 Å². The maximum atomic E-state index is 12.4. The van der Waals surface area contributed by atoms with Crippen LogP contribution < -0.4 is 5.32 Å². The number of alkyl halides is 3. The van der Waals surface area contributed by atoms with E-state index in [-0.39, 0.29) is 12.2 Å². The number of aromatic nitrogens is 4. The molecule has 8 nitrogen and oxygen atoms in total. The summed E-state index contributed by atoms with van der Waals surface area (Å²) in [5.74, 6) is -2.09. The van der Waals surface area contributed by atoms with Gasteiger partial charge in [0.05, 0.1) is 29.8 Å². The number of nitrogens with zero attached hydrogens (tertiary/aromatic N) is 4. The molecule has 0 saturated heterocycles. The zero-order chi connectivity index (χ0) is 17.3. The Morgan fingerprint density at radius 1 is 1.38 bits per heavy atom. The lowest BCUT2D eigenvalue weighted by Crippen LogP contribution is -2.29. The minimum absolute atomic E-state index is 0.0780. The summed E-state index contributed by atoms with van der Waals surface area (Å²) in [5.41, 5.74) is 1.94. The van der Waals surface area contributed by atoms with Gasteiger partial charge in [0.2, 0.25) is 0 Å². The summed E-state index contributed by atoms with van der Waals surface area (Å²) in [6, 6.07) is 1.33. The summed E-state index contributed by atoms with van der Waals surface area (Å²) in [6.07, 6.45) is 0.670. The minimum atomic E-state index is -5.00. The van der Waals surface area contributed by atoms with Gasteiger partial charge in [-0.2, -0.15) is 28.3 Å². The number of nitroso groups, excluding NO2 is 1. The molecule has 0 spiro atoms. The van der Waals surface area contributed by atoms with E-state index in [2.05, 4.69) is 20.5 Å². The fourth-order valence-electron chi connectivity index (χ4n) is 2.28. The van der Waals surface area contributed by atoms with Crippen molar-refractivity contribution in [3.63, 3.8) is 0 Å². The lowest BCUT2D eigenvalue weighted by atomic mass is 10.0. The quantitative estimate of drug-likeness (QED) is 0.713. The summed E-state index contributed by atoms with van der Waals surface area (Å²) in [6.45, 7) is -0.167. The van der Waals surface area contributed by atoms with Crippen LogP contribution >= 0.6 is 0 Å². The number of halogens is 3. The molecule has 0 aliphatic heterocycles. The van der Waals surface area contributed by atoms with E-state index in [1.54, 1.807) is 11.5 Å². The van der Waals surface area contributed by atoms with Gasteiger partial charge in [0.1, 0.15) is 6.54 Å². The first-order valence-electron chi connectivity index (χ1n) is 6.57. The first kappa shape index (κ1) is 15.6. The van der Waals surface area contributed by atoms with Crippen molar-refractivity contribution < 1.29 is 18.0 Å². The third-order valence-electron chi connectivity index (χ3n) is 3.25. The number of aromatic amines is 1. The average Bonchev–Trinajstić information content (AvgIpc) is 3.15. The Balaban J connectivity index is 2.10. The van der Waals surface area contributed by atoms with E-state index in [0.29, 0.717) is 22.2 Å². The number of carbonyl (C=O) groups is 1. The van der Waals surface area contributed by atoms with Crippen LogP contribution in [0.4, 0.5) is 18.9 Å². The van der Waals surface area contributed by atoms with Crippen molar-refractivity contribution in [3.05, 3.63) is 41.3 Å². The third-order valence-corrected chi connectivity index (χ3v) is 3.25. The van der Waals surface area contributed by atoms with Gasteiger partial charge in [-0.05, 0) is 6.07 Å². The van der Waals surface area contributed by atoms with E-state index in [9.17, 15) is 22.9 Å². The zero-order valence-corrected chi connectivity index (χ0v) is 11.8. The van der Waals surface area contributed by atoms with E-state index in [1.807, 2.05) is 0 Å². The Morgan fingerprint density at radius 3 is 2.79 bits per heavy atom. The lowest BCUT2D eigenvalue weighted by molar-refractivity contribution is -0.167. The molecule has 0 bridgehead atoms. The number of hydrogen-bond donors (Lipinski definition) is 2. The van der Waals surface area contributed by atoms with Gasteiger partial charge in [0, 0.05) is 22.9 Å². The van der Waals surface area contributed by atoms with Crippen LogP contribution in [-0.4, -0.2) is 31.9 Å². The average molecular weight is 338 g/mol. The van der Waals surface area contributed by atoms with E-state index >= 15 is 0 Å². The third kappa shape index (κ3) is 2.83. The second-order valence-corrected chi connectivity index (χ2v) is 4.83. The molecule has 0 saturated carbocycles. The molecule has 3 aromatic rings. The number of rotatable bonds is 4. The molecule has 2 N–H and O–H groups in total. The highest BCUT2D eigenvalue weighted by atomic mass is 19.4. The topological polar surface area (TPSA) is 105 Å². The molecule has 0 aromatic carbocycles. The fraction of sp³-hybridized carbons (Fsp3) is 0.154. The molecule has 0 unspecified atom stereocenters. The Kier molecular flexibility index (Phi) is 3.75. The molecule has 124 valence electrons. The molecular weight excluding hydrogens is 329 g/mol. The number of amides is 1. The van der Waals surface area contributed by atoms with Crippen molar-refractivity contribution in [1.82, 2.24) is 19.8 Å². The van der Waals surface area contributed by atoms with Crippen molar-refractivity contribution in [3.8, 4) is 11.1 Å². The molecular formula is C13H9F3N6O2. The number of anilines is 1. The maximum absolute atomic E-state index is 12.4. The summed E-state index contributed by atoms with van der Waals surface area (Å²) in [5, 5.41) is 15.0. The predicted molar refractivity (Wildman–Crippen MR) is 77.0 cm³/mol. The van der Waals surface area contributed by atoms with Gasteiger partial charge >= 0.3 is 12.1 Å². The first-order chi connectivity index (χ1) is 11.4. The molecule has 0 atom stereocenters. The smallest absolute Gasteiger partial charge is 0.317 e. The maximum Gasteiger partial charge on any atom is 0.471 e. The zero-order valence-electron chi connectivity index (χ0n) is 11.8. The number of hydrogen-bond acceptors (Lipinski definition) is 5. The fourth-order valence-corrected chi connectivity index (χ4v) is 2.28. The molecule has 0 fully saturated rings. The van der Waals surface area contributed by atoms with Crippen LogP contribution in [0, 0.1) is 4.91 Å². The molecule has 3 heterocycles. The molecule has 3 aromatic heterocycles. The van der Waals surface area contributed by atoms with Crippen molar-refractivity contribution >= 4 is 17.1 Å². The Bertz CT molecular complexity index is 900. The van der Waals surface area contributed by atoms with Gasteiger partial charge in [0.15, 0.2) is 0 Å². The van der Waals surface area contributed by atoms with Gasteiger partial charge < -0.3 is 5.32 Å². The van der Waals surface area contributed by atoms with Crippen molar-refractivity contribution in [2.75, 3.05) is 5.32 Å². The predicted octanol–water partition coefficient (Wildman–Crippen LogP) is 2.49. The standard InChI is InChI=1S/C13H9F3N6O2/c14-13(15,16)12(23)21-9-1-10-11(7-2-17-18-3-7)8(5-20-24)4-19-22(10)6-9/h1-4,6H,5H2,(H,17,18)(H,21,23). The van der Waals surface area contributed by atoms with Crippen LogP contribution in [0.15, 0.2) is 36.0 Å². The summed E-state index contributed by atoms with van der Waals surface area (Å²) in [4.78, 5) is 21.7. The molecule has 1 amide bonds. The molecule has 24 heavy (non-hydrogen) atoms. The first-order valence-corrected chi connectivity index (χ1v) is 6.57. The SMILES string of the molecule is O=NCc1cnn2cc(NC(=O)C(F)(F)F)cc2c1-c1cn[nH]c1. The van der Waals surface area contributed by atoms with Crippen LogP contribution in [-0.2, 0) is 11.3 Å². The van der Waals surface area contributed by atoms with Crippen LogP contribution in [0.25, 0.3) is 16.6 Å². The van der Waals surface area contributed by atoms with E-state index < -0.39 is 12.1 Å². The molecule has 0 aliphatic rings. The Morgan fingerprint density at radius 2 is 2.17 bits per heavy atom. The Hall–Kier alpha value is -3.24. The molecule has 0 aliphatic carbocycles. The van der Waals surface area contributed by atoms with Crippen LogP contribution in [0.5, 0.6) is 0 Å². The normalized spacial score (nSPS) is 11.6.